The van der Waals surface area contributed by atoms with E-state index in [1.807, 2.05) is 0 Å². The average Bonchev–Trinajstić information content (AvgIpc) is 3.08. The Balaban J connectivity index is 1.88. The van der Waals surface area contributed by atoms with Crippen molar-refractivity contribution < 1.29 is 57.5 Å². The summed E-state index contributed by atoms with van der Waals surface area (Å²) >= 11 is 0. The van der Waals surface area contributed by atoms with Crippen molar-refractivity contribution in [3.8, 4) is 0 Å². The van der Waals surface area contributed by atoms with Crippen molar-refractivity contribution in [2.24, 2.45) is 16.7 Å². The smallest absolute Gasteiger partial charge is 0.455 e. The van der Waals surface area contributed by atoms with Gasteiger partial charge in [-0.1, -0.05) is 52.8 Å². The summed E-state index contributed by atoms with van der Waals surface area (Å²) in [5, 5.41) is 25.0. The maximum absolute atomic E-state index is 15.7. The van der Waals surface area contributed by atoms with Crippen LogP contribution in [0, 0.1) is 16.7 Å². The molecule has 13 heteroatoms. The molecule has 3 aliphatic carbocycles. The molecule has 4 aliphatic rings. The second-order valence-electron chi connectivity index (χ2n) is 15.3. The zero-order valence-electron chi connectivity index (χ0n) is 31.3. The van der Waals surface area contributed by atoms with Gasteiger partial charge in [0.25, 0.3) is 0 Å². The summed E-state index contributed by atoms with van der Waals surface area (Å²) in [4.78, 5) is 56.1. The van der Waals surface area contributed by atoms with E-state index < -0.39 is 90.7 Å². The van der Waals surface area contributed by atoms with E-state index in [4.69, 9.17) is 28.1 Å². The monoisotopic (exact) mass is 730 g/mol. The Labute approximate surface area is 301 Å². The first kappa shape index (κ1) is 39.1. The molecule has 9 atom stereocenters. The second kappa shape index (κ2) is 14.0. The Kier molecular flexibility index (Phi) is 10.8. The second-order valence-corrected chi connectivity index (χ2v) is 20.0. The number of ketones is 1. The predicted molar refractivity (Wildman–Crippen MR) is 187 cm³/mol. The molecule has 1 heterocycles. The number of carbonyl (C=O) groups is 4. The lowest BCUT2D eigenvalue weighted by Crippen LogP contribution is -2.82. The highest BCUT2D eigenvalue weighted by Gasteiger charge is 2.79. The quantitative estimate of drug-likeness (QED) is 0.139. The Morgan fingerprint density at radius 2 is 1.63 bits per heavy atom. The summed E-state index contributed by atoms with van der Waals surface area (Å²) in [5.74, 6) is -3.42. The summed E-state index contributed by atoms with van der Waals surface area (Å²) in [7, 11) is -2.51. The van der Waals surface area contributed by atoms with Gasteiger partial charge in [-0.25, -0.2) is 9.59 Å². The van der Waals surface area contributed by atoms with Crippen molar-refractivity contribution in [2.75, 3.05) is 13.2 Å². The number of esters is 2. The van der Waals surface area contributed by atoms with Crippen LogP contribution >= 0.6 is 0 Å². The first-order valence-corrected chi connectivity index (χ1v) is 20.7. The molecule has 0 radical (unpaired) electrons. The van der Waals surface area contributed by atoms with Crippen LogP contribution in [0.15, 0.2) is 41.5 Å². The zero-order chi connectivity index (χ0) is 37.7. The Bertz CT molecular complexity index is 1550. The molecule has 2 bridgehead atoms. The SMILES string of the molecule is CCOC(=O)O[C@@]12CO[C@@H]1C[C@H](O[Si](CC)(CC)CC)[C@@]1(C)C(=O)[C@H](OC(C)=O)C3=C(C)[C@@H](O)C[C@@](O)([C@@H](OC(=O)c4ccccc4)C12)C3(C)C. The fourth-order valence-corrected chi connectivity index (χ4v) is 12.3. The van der Waals surface area contributed by atoms with E-state index in [0.717, 1.165) is 18.1 Å². The first-order valence-electron chi connectivity index (χ1n) is 18.2. The number of carbonyl (C=O) groups excluding carboxylic acids is 4. The van der Waals surface area contributed by atoms with Gasteiger partial charge in [-0.3, -0.25) is 9.59 Å². The minimum atomic E-state index is -2.51. The van der Waals surface area contributed by atoms with Crippen molar-refractivity contribution in [1.29, 1.82) is 0 Å². The molecule has 51 heavy (non-hydrogen) atoms. The molecule has 0 spiro atoms. The summed E-state index contributed by atoms with van der Waals surface area (Å²) in [6.45, 7) is 15.5. The topological polar surface area (TPSA) is 164 Å². The minimum absolute atomic E-state index is 0.00218. The fraction of sp³-hybridized carbons (Fsp3) is 0.684. The molecule has 0 amide bonds. The van der Waals surface area contributed by atoms with Crippen LogP contribution in [0.2, 0.25) is 18.1 Å². The van der Waals surface area contributed by atoms with Gasteiger partial charge in [0.15, 0.2) is 25.8 Å². The van der Waals surface area contributed by atoms with E-state index in [-0.39, 0.29) is 37.2 Å². The van der Waals surface area contributed by atoms with Crippen molar-refractivity contribution in [3.63, 3.8) is 0 Å². The molecule has 1 saturated heterocycles. The van der Waals surface area contributed by atoms with Crippen LogP contribution in [0.5, 0.6) is 0 Å². The lowest BCUT2D eigenvalue weighted by molar-refractivity contribution is -0.343. The maximum Gasteiger partial charge on any atom is 0.509 e. The average molecular weight is 731 g/mol. The molecular weight excluding hydrogens is 676 g/mol. The molecule has 282 valence electrons. The largest absolute Gasteiger partial charge is 0.509 e. The van der Waals surface area contributed by atoms with Crippen LogP contribution in [0.4, 0.5) is 4.79 Å². The van der Waals surface area contributed by atoms with Gasteiger partial charge in [-0.2, -0.15) is 0 Å². The number of ether oxygens (including phenoxy) is 5. The Morgan fingerprint density at radius 1 is 1.00 bits per heavy atom. The van der Waals surface area contributed by atoms with Crippen LogP contribution in [0.1, 0.15) is 85.5 Å². The molecule has 3 fully saturated rings. The van der Waals surface area contributed by atoms with Crippen LogP contribution in [-0.2, 0) is 37.7 Å². The molecule has 0 aromatic heterocycles. The molecule has 1 aliphatic heterocycles. The minimum Gasteiger partial charge on any atom is -0.455 e. The van der Waals surface area contributed by atoms with Gasteiger partial charge in [-0.15, -0.1) is 0 Å². The summed E-state index contributed by atoms with van der Waals surface area (Å²) in [6, 6.07) is 10.5. The number of fused-ring (bicyclic) bond motifs is 5. The molecular formula is C38H54O12Si. The first-order chi connectivity index (χ1) is 23.9. The van der Waals surface area contributed by atoms with Crippen LogP contribution in [-0.4, -0.2) is 97.3 Å². The highest BCUT2D eigenvalue weighted by molar-refractivity contribution is 6.73. The fourth-order valence-electron chi connectivity index (χ4n) is 9.39. The number of benzene rings is 1. The van der Waals surface area contributed by atoms with E-state index in [0.29, 0.717) is 5.57 Å². The Morgan fingerprint density at radius 3 is 2.16 bits per heavy atom. The number of hydrogen-bond donors (Lipinski definition) is 2. The summed E-state index contributed by atoms with van der Waals surface area (Å²) in [5.41, 5.74) is -6.14. The van der Waals surface area contributed by atoms with Crippen molar-refractivity contribution >= 4 is 32.2 Å². The normalized spacial score (nSPS) is 35.6. The third-order valence-corrected chi connectivity index (χ3v) is 17.4. The Hall–Kier alpha value is -3.10. The van der Waals surface area contributed by atoms with Gasteiger partial charge in [0, 0.05) is 25.2 Å². The van der Waals surface area contributed by atoms with Crippen LogP contribution in [0.25, 0.3) is 0 Å². The lowest BCUT2D eigenvalue weighted by Gasteiger charge is -2.68. The van der Waals surface area contributed by atoms with Gasteiger partial charge in [0.05, 0.1) is 42.3 Å². The van der Waals surface area contributed by atoms with Crippen LogP contribution < -0.4 is 0 Å². The van der Waals surface area contributed by atoms with Gasteiger partial charge in [-0.05, 0) is 62.2 Å². The highest BCUT2D eigenvalue weighted by Crippen LogP contribution is 2.65. The molecule has 2 N–H and O–H groups in total. The van der Waals surface area contributed by atoms with E-state index in [1.54, 1.807) is 65.0 Å². The third-order valence-electron chi connectivity index (χ3n) is 12.7. The van der Waals surface area contributed by atoms with E-state index in [9.17, 15) is 24.6 Å². The zero-order valence-corrected chi connectivity index (χ0v) is 32.3. The predicted octanol–water partition coefficient (Wildman–Crippen LogP) is 5.29. The number of hydrogen-bond acceptors (Lipinski definition) is 12. The van der Waals surface area contributed by atoms with E-state index in [1.165, 1.54) is 6.92 Å². The molecule has 1 aromatic rings. The van der Waals surface area contributed by atoms with E-state index in [2.05, 4.69) is 20.8 Å². The van der Waals surface area contributed by atoms with Crippen molar-refractivity contribution in [2.45, 2.75) is 135 Å². The van der Waals surface area contributed by atoms with Gasteiger partial charge in [0.1, 0.15) is 17.8 Å². The molecule has 5 rings (SSSR count). The number of aliphatic hydroxyl groups is 2. The van der Waals surface area contributed by atoms with Crippen molar-refractivity contribution in [3.05, 3.63) is 47.0 Å². The van der Waals surface area contributed by atoms with Crippen molar-refractivity contribution in [1.82, 2.24) is 0 Å². The third kappa shape index (κ3) is 6.06. The summed E-state index contributed by atoms with van der Waals surface area (Å²) in [6.07, 6.45) is -7.37. The number of rotatable bonds is 10. The standard InChI is InChI=1S/C38H54O12Si/c1-10-45-34(43)49-37-21-46-27(37)19-26(50-51(11-2,12-3)13-4)36(9)30(37)32(48-33(42)24-17-15-14-16-18-24)38(44)20-25(40)22(5)28(35(38,7)8)29(31(36)41)47-23(6)39/h14-18,25-27,29-30,32,40,44H,10-13,19-21H2,1-9H3/t25-,26-,27+,29+,30?,32-,36+,37-,38+/m0/s1. The lowest BCUT2D eigenvalue weighted by atomic mass is 9.44. The molecule has 1 aromatic carbocycles. The number of Topliss-reactive ketones (excluding diaryl/α,β-unsaturated/α-hetero) is 1. The van der Waals surface area contributed by atoms with E-state index >= 15 is 4.79 Å². The molecule has 12 nitrogen and oxygen atoms in total. The molecule has 2 saturated carbocycles. The van der Waals surface area contributed by atoms with Crippen LogP contribution in [0.3, 0.4) is 0 Å². The maximum atomic E-state index is 15.7. The number of aliphatic hydroxyl groups excluding tert-OH is 1. The van der Waals surface area contributed by atoms with Gasteiger partial charge in [0.2, 0.25) is 0 Å². The van der Waals surface area contributed by atoms with Gasteiger partial charge < -0.3 is 38.3 Å². The van der Waals surface area contributed by atoms with Gasteiger partial charge >= 0.3 is 18.1 Å². The molecule has 1 unspecified atom stereocenters. The highest BCUT2D eigenvalue weighted by atomic mass is 28.4. The summed E-state index contributed by atoms with van der Waals surface area (Å²) < 4.78 is 37.3.